The van der Waals surface area contributed by atoms with E-state index in [0.29, 0.717) is 6.47 Å². The topological polar surface area (TPSA) is 29.5 Å². The summed E-state index contributed by atoms with van der Waals surface area (Å²) >= 11 is 0. The number of carbonyl (C=O) groups excluding carboxylic acids is 1. The summed E-state index contributed by atoms with van der Waals surface area (Å²) in [4.78, 5) is 12.6. The minimum atomic E-state index is -0.265. The summed E-state index contributed by atoms with van der Waals surface area (Å²) in [6.45, 7) is 2.16. The quantitative estimate of drug-likeness (QED) is 0.551. The zero-order valence-electron chi connectivity index (χ0n) is 8.37. The molecule has 0 fully saturated rings. The Kier molecular flexibility index (Phi) is 3.15. The summed E-state index contributed by atoms with van der Waals surface area (Å²) in [7, 11) is 0. The van der Waals surface area contributed by atoms with E-state index in [4.69, 9.17) is 4.74 Å². The molecular weight excluding hydrogens is 190 g/mol. The molecular formula is C12H13NO2. The van der Waals surface area contributed by atoms with E-state index < -0.39 is 0 Å². The molecule has 2 rings (SSSR count). The molecule has 1 aliphatic rings. The fourth-order valence-corrected chi connectivity index (χ4v) is 1.73. The molecule has 0 aliphatic carbocycles. The molecule has 78 valence electrons. The second-order valence-electron chi connectivity index (χ2n) is 3.42. The fourth-order valence-electron chi connectivity index (χ4n) is 1.73. The van der Waals surface area contributed by atoms with Gasteiger partial charge in [-0.3, -0.25) is 9.69 Å². The normalized spacial score (nSPS) is 17.6. The molecule has 0 saturated heterocycles. The van der Waals surface area contributed by atoms with Gasteiger partial charge in [-0.05, 0) is 0 Å². The summed E-state index contributed by atoms with van der Waals surface area (Å²) in [5.74, 6) is 0. The highest BCUT2D eigenvalue weighted by molar-refractivity contribution is 5.38. The van der Waals surface area contributed by atoms with Crippen LogP contribution >= 0.6 is 0 Å². The van der Waals surface area contributed by atoms with E-state index in [1.165, 1.54) is 0 Å². The Morgan fingerprint density at radius 1 is 1.20 bits per heavy atom. The van der Waals surface area contributed by atoms with Crippen molar-refractivity contribution in [1.29, 1.82) is 0 Å². The highest BCUT2D eigenvalue weighted by Gasteiger charge is 2.21. The number of nitrogens with zero attached hydrogens (tertiary/aromatic N) is 1. The van der Waals surface area contributed by atoms with Gasteiger partial charge in [0.2, 0.25) is 0 Å². The van der Waals surface area contributed by atoms with Gasteiger partial charge >= 0.3 is 0 Å². The van der Waals surface area contributed by atoms with E-state index in [1.807, 2.05) is 30.3 Å². The molecule has 0 amide bonds. The van der Waals surface area contributed by atoms with E-state index in [2.05, 4.69) is 17.1 Å². The van der Waals surface area contributed by atoms with Crippen molar-refractivity contribution in [2.45, 2.75) is 6.23 Å². The molecule has 15 heavy (non-hydrogen) atoms. The van der Waals surface area contributed by atoms with Crippen molar-refractivity contribution in [3.05, 3.63) is 48.0 Å². The molecule has 1 aromatic carbocycles. The maximum Gasteiger partial charge on any atom is 0.294 e. The molecule has 3 heteroatoms. The molecule has 0 radical (unpaired) electrons. The molecule has 0 spiro atoms. The van der Waals surface area contributed by atoms with Crippen LogP contribution in [0.25, 0.3) is 0 Å². The Hall–Kier alpha value is -1.61. The standard InChI is InChI=1S/C12H13NO2/c14-10-15-12(13-8-4-5-9-13)11-6-2-1-3-7-11/h1-7,10,12H,8-9H2. The first-order valence-electron chi connectivity index (χ1n) is 4.95. The predicted molar refractivity (Wildman–Crippen MR) is 57.0 cm³/mol. The van der Waals surface area contributed by atoms with Crippen LogP contribution in [0.4, 0.5) is 0 Å². The zero-order chi connectivity index (χ0) is 10.5. The van der Waals surface area contributed by atoms with Crippen molar-refractivity contribution in [3.63, 3.8) is 0 Å². The van der Waals surface area contributed by atoms with Gasteiger partial charge in [0.15, 0.2) is 6.23 Å². The third-order valence-corrected chi connectivity index (χ3v) is 2.45. The lowest BCUT2D eigenvalue weighted by molar-refractivity contribution is -0.142. The fraction of sp³-hybridized carbons (Fsp3) is 0.250. The van der Waals surface area contributed by atoms with Crippen LogP contribution in [0.15, 0.2) is 42.5 Å². The average Bonchev–Trinajstić information content (AvgIpc) is 2.80. The first-order valence-corrected chi connectivity index (χ1v) is 4.95. The minimum absolute atomic E-state index is 0.265. The van der Waals surface area contributed by atoms with E-state index in [0.717, 1.165) is 18.7 Å². The highest BCUT2D eigenvalue weighted by Crippen LogP contribution is 2.22. The van der Waals surface area contributed by atoms with E-state index in [-0.39, 0.29) is 6.23 Å². The smallest absolute Gasteiger partial charge is 0.294 e. The van der Waals surface area contributed by atoms with E-state index in [1.54, 1.807) is 0 Å². The second kappa shape index (κ2) is 4.75. The molecule has 1 aromatic rings. The summed E-state index contributed by atoms with van der Waals surface area (Å²) < 4.78 is 5.12. The maximum atomic E-state index is 10.5. The summed E-state index contributed by atoms with van der Waals surface area (Å²) in [6, 6.07) is 9.77. The Balaban J connectivity index is 2.15. The highest BCUT2D eigenvalue weighted by atomic mass is 16.5. The van der Waals surface area contributed by atoms with Crippen molar-refractivity contribution in [1.82, 2.24) is 4.90 Å². The molecule has 1 atom stereocenters. The molecule has 0 saturated carbocycles. The Morgan fingerprint density at radius 3 is 2.47 bits per heavy atom. The lowest BCUT2D eigenvalue weighted by atomic mass is 10.2. The van der Waals surface area contributed by atoms with Crippen LogP contribution in [0.2, 0.25) is 0 Å². The molecule has 0 N–H and O–H groups in total. The van der Waals surface area contributed by atoms with Crippen LogP contribution in [0.3, 0.4) is 0 Å². The number of ether oxygens (including phenoxy) is 1. The SMILES string of the molecule is O=COC(c1ccccc1)N1CC=CC1. The van der Waals surface area contributed by atoms with Crippen LogP contribution < -0.4 is 0 Å². The number of hydrogen-bond donors (Lipinski definition) is 0. The average molecular weight is 203 g/mol. The van der Waals surface area contributed by atoms with Crippen LogP contribution in [-0.4, -0.2) is 24.5 Å². The summed E-state index contributed by atoms with van der Waals surface area (Å²) in [5.41, 5.74) is 1.01. The number of benzene rings is 1. The van der Waals surface area contributed by atoms with E-state index >= 15 is 0 Å². The summed E-state index contributed by atoms with van der Waals surface area (Å²) in [5, 5.41) is 0. The van der Waals surface area contributed by atoms with Crippen LogP contribution in [-0.2, 0) is 9.53 Å². The van der Waals surface area contributed by atoms with Crippen molar-refractivity contribution < 1.29 is 9.53 Å². The largest absolute Gasteiger partial charge is 0.444 e. The minimum Gasteiger partial charge on any atom is -0.444 e. The zero-order valence-corrected chi connectivity index (χ0v) is 8.37. The van der Waals surface area contributed by atoms with Crippen LogP contribution in [0.5, 0.6) is 0 Å². The van der Waals surface area contributed by atoms with Gasteiger partial charge in [-0.2, -0.15) is 0 Å². The van der Waals surface area contributed by atoms with Crippen LogP contribution in [0, 0.1) is 0 Å². The Bertz CT molecular complexity index is 340. The first kappa shape index (κ1) is 9.93. The van der Waals surface area contributed by atoms with Gasteiger partial charge in [-0.15, -0.1) is 0 Å². The van der Waals surface area contributed by atoms with Crippen molar-refractivity contribution in [3.8, 4) is 0 Å². The molecule has 0 aromatic heterocycles. The predicted octanol–water partition coefficient (Wildman–Crippen LogP) is 1.73. The first-order chi connectivity index (χ1) is 7.42. The van der Waals surface area contributed by atoms with Crippen molar-refractivity contribution >= 4 is 6.47 Å². The lowest BCUT2D eigenvalue weighted by Gasteiger charge is -2.25. The molecule has 1 unspecified atom stereocenters. The van der Waals surface area contributed by atoms with Gasteiger partial charge in [0.25, 0.3) is 6.47 Å². The van der Waals surface area contributed by atoms with Gasteiger partial charge < -0.3 is 4.74 Å². The summed E-state index contributed by atoms with van der Waals surface area (Å²) in [6.07, 6.45) is 3.88. The number of carbonyl (C=O) groups is 1. The maximum absolute atomic E-state index is 10.5. The molecule has 3 nitrogen and oxygen atoms in total. The number of rotatable bonds is 4. The third kappa shape index (κ3) is 2.25. The third-order valence-electron chi connectivity index (χ3n) is 2.45. The van der Waals surface area contributed by atoms with Gasteiger partial charge in [0.1, 0.15) is 0 Å². The van der Waals surface area contributed by atoms with Crippen molar-refractivity contribution in [2.24, 2.45) is 0 Å². The van der Waals surface area contributed by atoms with Gasteiger partial charge in [-0.25, -0.2) is 0 Å². The monoisotopic (exact) mass is 203 g/mol. The Labute approximate surface area is 89.0 Å². The van der Waals surface area contributed by atoms with Crippen LogP contribution in [0.1, 0.15) is 11.8 Å². The van der Waals surface area contributed by atoms with Gasteiger partial charge in [0.05, 0.1) is 0 Å². The molecule has 0 bridgehead atoms. The van der Waals surface area contributed by atoms with Gasteiger partial charge in [0, 0.05) is 18.7 Å². The van der Waals surface area contributed by atoms with Crippen molar-refractivity contribution in [2.75, 3.05) is 13.1 Å². The lowest BCUT2D eigenvalue weighted by Crippen LogP contribution is -2.28. The molecule has 1 aliphatic heterocycles. The second-order valence-corrected chi connectivity index (χ2v) is 3.42. The van der Waals surface area contributed by atoms with E-state index in [9.17, 15) is 4.79 Å². The Morgan fingerprint density at radius 2 is 1.87 bits per heavy atom. The number of hydrogen-bond acceptors (Lipinski definition) is 3. The molecule has 1 heterocycles. The van der Waals surface area contributed by atoms with Gasteiger partial charge in [-0.1, -0.05) is 42.5 Å².